The highest BCUT2D eigenvalue weighted by Gasteiger charge is 2.52. The van der Waals surface area contributed by atoms with E-state index >= 15 is 0 Å². The Morgan fingerprint density at radius 2 is 1.56 bits per heavy atom. The number of carbonyl (C=O) groups is 1. The molecule has 0 unspecified atom stereocenters. The second-order valence-electron chi connectivity index (χ2n) is 7.97. The third-order valence-electron chi connectivity index (χ3n) is 6.19. The van der Waals surface area contributed by atoms with Crippen LogP contribution in [0.5, 0.6) is 5.75 Å². The second-order valence-corrected chi connectivity index (χ2v) is 10.2. The summed E-state index contributed by atoms with van der Waals surface area (Å²) >= 11 is 0. The molecule has 1 aliphatic heterocycles. The summed E-state index contributed by atoms with van der Waals surface area (Å²) in [7, 11) is -4.02. The molecule has 34 heavy (non-hydrogen) atoms. The van der Waals surface area contributed by atoms with Crippen molar-refractivity contribution in [2.45, 2.75) is 36.3 Å². The van der Waals surface area contributed by atoms with E-state index in [1.165, 1.54) is 12.1 Å². The van der Waals surface area contributed by atoms with Crippen LogP contribution < -0.4 is 10.2 Å². The van der Waals surface area contributed by atoms with Crippen LogP contribution in [0.25, 0.3) is 11.1 Å². The molecule has 1 amide bonds. The molecule has 1 fully saturated rings. The Kier molecular flexibility index (Phi) is 10.3. The molecule has 0 bridgehead atoms. The van der Waals surface area contributed by atoms with Gasteiger partial charge in [-0.05, 0) is 61.7 Å². The number of rotatable bonds is 10. The molecule has 3 rings (SSSR count). The van der Waals surface area contributed by atoms with Crippen molar-refractivity contribution in [3.05, 3.63) is 48.5 Å². The van der Waals surface area contributed by atoms with Gasteiger partial charge >= 0.3 is 0 Å². The monoisotopic (exact) mass is 512 g/mol. The maximum absolute atomic E-state index is 13.5. The fraction of sp³-hybridized carbons (Fsp3) is 0.458. The molecule has 8 nitrogen and oxygen atoms in total. The molecule has 0 atom stereocenters. The van der Waals surface area contributed by atoms with Crippen LogP contribution in [0.1, 0.15) is 26.7 Å². The van der Waals surface area contributed by atoms with E-state index in [9.17, 15) is 18.4 Å². The topological polar surface area (TPSA) is 105 Å². The molecule has 0 radical (unpaired) electrons. The van der Waals surface area contributed by atoms with Gasteiger partial charge in [0.1, 0.15) is 12.4 Å². The largest absolute Gasteiger partial charge is 0.491 e. The number of amides is 1. The zero-order valence-corrected chi connectivity index (χ0v) is 21.2. The highest BCUT2D eigenvalue weighted by molar-refractivity contribution is 7.93. The van der Waals surface area contributed by atoms with E-state index in [4.69, 9.17) is 9.47 Å². The molecule has 1 heterocycles. The van der Waals surface area contributed by atoms with E-state index in [1.807, 2.05) is 38.1 Å². The van der Waals surface area contributed by atoms with Crippen molar-refractivity contribution < 1.29 is 27.9 Å². The number of hydroxylamine groups is 1. The lowest BCUT2D eigenvalue weighted by molar-refractivity contribution is -0.133. The Morgan fingerprint density at radius 1 is 1.00 bits per heavy atom. The highest BCUT2D eigenvalue weighted by Crippen LogP contribution is 2.36. The molecule has 1 saturated heterocycles. The second kappa shape index (κ2) is 12.5. The number of likely N-dealkylation sites (tertiary alicyclic amines) is 1. The maximum Gasteiger partial charge on any atom is 0.265 e. The van der Waals surface area contributed by atoms with Gasteiger partial charge in [0.25, 0.3) is 5.91 Å². The number of piperidine rings is 1. The van der Waals surface area contributed by atoms with Crippen LogP contribution in [0.15, 0.2) is 53.4 Å². The fourth-order valence-corrected chi connectivity index (χ4v) is 6.06. The summed E-state index contributed by atoms with van der Waals surface area (Å²) < 4.78 is 36.2. The van der Waals surface area contributed by atoms with Crippen molar-refractivity contribution in [3.63, 3.8) is 0 Å². The lowest BCUT2D eigenvalue weighted by Gasteiger charge is -2.39. The smallest absolute Gasteiger partial charge is 0.265 e. The summed E-state index contributed by atoms with van der Waals surface area (Å²) in [6.07, 6.45) is 0.254. The minimum Gasteiger partial charge on any atom is -0.491 e. The Labute approximate surface area is 207 Å². The molecule has 2 aromatic carbocycles. The lowest BCUT2D eigenvalue weighted by atomic mass is 9.95. The Balaban J connectivity index is 0.00000408. The number of nitrogens with one attached hydrogen (secondary N) is 1. The van der Waals surface area contributed by atoms with Gasteiger partial charge in [-0.1, -0.05) is 31.2 Å². The van der Waals surface area contributed by atoms with Crippen LogP contribution in [-0.2, 0) is 19.4 Å². The van der Waals surface area contributed by atoms with Crippen molar-refractivity contribution >= 4 is 28.2 Å². The van der Waals surface area contributed by atoms with Crippen molar-refractivity contribution in [1.29, 1.82) is 0 Å². The summed E-state index contributed by atoms with van der Waals surface area (Å²) in [5, 5.41) is 9.29. The number of benzene rings is 2. The van der Waals surface area contributed by atoms with Crippen molar-refractivity contribution in [3.8, 4) is 16.9 Å². The average Bonchev–Trinajstić information content (AvgIpc) is 2.86. The number of ether oxygens (including phenoxy) is 2. The fourth-order valence-electron chi connectivity index (χ4n) is 4.11. The van der Waals surface area contributed by atoms with Gasteiger partial charge in [-0.3, -0.25) is 10.0 Å². The first-order valence-electron chi connectivity index (χ1n) is 11.2. The predicted octanol–water partition coefficient (Wildman–Crippen LogP) is 3.32. The van der Waals surface area contributed by atoms with E-state index in [0.29, 0.717) is 32.9 Å². The maximum atomic E-state index is 13.5. The van der Waals surface area contributed by atoms with Crippen LogP contribution in [0.2, 0.25) is 0 Å². The van der Waals surface area contributed by atoms with Gasteiger partial charge in [0.15, 0.2) is 14.6 Å². The molecule has 188 valence electrons. The number of hydrogen-bond donors (Lipinski definition) is 2. The molecule has 0 aliphatic carbocycles. The van der Waals surface area contributed by atoms with Crippen LogP contribution in [-0.4, -0.2) is 68.6 Å². The molecular weight excluding hydrogens is 480 g/mol. The first kappa shape index (κ1) is 28.1. The summed E-state index contributed by atoms with van der Waals surface area (Å²) in [6.45, 7) is 7.30. The molecule has 10 heteroatoms. The minimum absolute atomic E-state index is 0. The summed E-state index contributed by atoms with van der Waals surface area (Å²) in [6, 6.07) is 14.0. The van der Waals surface area contributed by atoms with E-state index in [-0.39, 0.29) is 30.1 Å². The Hall–Kier alpha value is -2.17. The van der Waals surface area contributed by atoms with Crippen molar-refractivity contribution in [1.82, 2.24) is 10.4 Å². The third kappa shape index (κ3) is 5.90. The van der Waals surface area contributed by atoms with Crippen molar-refractivity contribution in [2.24, 2.45) is 0 Å². The molecule has 2 aromatic rings. The first-order chi connectivity index (χ1) is 15.9. The number of halogens is 1. The van der Waals surface area contributed by atoms with Crippen LogP contribution in [0.3, 0.4) is 0 Å². The van der Waals surface area contributed by atoms with Crippen LogP contribution in [0, 0.1) is 0 Å². The average molecular weight is 513 g/mol. The van der Waals surface area contributed by atoms with Crippen LogP contribution >= 0.6 is 12.4 Å². The molecule has 1 aliphatic rings. The van der Waals surface area contributed by atoms with Gasteiger partial charge in [0, 0.05) is 19.7 Å². The number of hydrogen-bond acceptors (Lipinski definition) is 7. The van der Waals surface area contributed by atoms with Gasteiger partial charge in [0.05, 0.1) is 11.5 Å². The zero-order chi connectivity index (χ0) is 23.9. The van der Waals surface area contributed by atoms with Gasteiger partial charge in [-0.25, -0.2) is 13.9 Å². The lowest BCUT2D eigenvalue weighted by Crippen LogP contribution is -2.57. The van der Waals surface area contributed by atoms with E-state index in [1.54, 1.807) is 17.6 Å². The summed E-state index contributed by atoms with van der Waals surface area (Å²) in [5.74, 6) is -0.143. The number of carbonyl (C=O) groups excluding carboxylic acids is 1. The Bertz CT molecular complexity index is 1020. The number of nitrogens with zero attached hydrogens (tertiary/aromatic N) is 1. The van der Waals surface area contributed by atoms with E-state index in [0.717, 1.165) is 23.4 Å². The van der Waals surface area contributed by atoms with Gasteiger partial charge < -0.3 is 14.4 Å². The normalized spacial score (nSPS) is 15.9. The standard InChI is InChI=1S/C24H32N2O6S.ClH/c1-3-26-15-13-24(14-16-26,23(27)25-28)33(29,30)22-11-7-20(8-12-22)19-5-9-21(10-6-19)32-18-17-31-4-2;/h5-12,28H,3-4,13-18H2,1-2H3,(H,25,27);1H. The van der Waals surface area contributed by atoms with Gasteiger partial charge in [-0.2, -0.15) is 0 Å². The molecule has 2 N–H and O–H groups in total. The molecule has 0 spiro atoms. The number of sulfone groups is 1. The first-order valence-corrected chi connectivity index (χ1v) is 12.7. The van der Waals surface area contributed by atoms with E-state index < -0.39 is 20.5 Å². The quantitative estimate of drug-likeness (QED) is 0.286. The SMILES string of the molecule is CCOCCOc1ccc(-c2ccc(S(=O)(=O)C3(C(=O)NO)CCN(CC)CC3)cc2)cc1.Cl. The molecule has 0 saturated carbocycles. The third-order valence-corrected chi connectivity index (χ3v) is 8.71. The zero-order valence-electron chi connectivity index (χ0n) is 19.5. The van der Waals surface area contributed by atoms with Gasteiger partial charge in [-0.15, -0.1) is 12.4 Å². The molecule has 0 aromatic heterocycles. The Morgan fingerprint density at radius 3 is 2.06 bits per heavy atom. The summed E-state index contributed by atoms with van der Waals surface area (Å²) in [5.41, 5.74) is 3.35. The summed E-state index contributed by atoms with van der Waals surface area (Å²) in [4.78, 5) is 14.7. The van der Waals surface area contributed by atoms with Gasteiger partial charge in [0.2, 0.25) is 0 Å². The van der Waals surface area contributed by atoms with E-state index in [2.05, 4.69) is 4.90 Å². The molecular formula is C24H33ClN2O6S. The van der Waals surface area contributed by atoms with Crippen molar-refractivity contribution in [2.75, 3.05) is 39.5 Å². The predicted molar refractivity (Wildman–Crippen MR) is 132 cm³/mol. The highest BCUT2D eigenvalue weighted by atomic mass is 35.5. The minimum atomic E-state index is -4.02. The van der Waals surface area contributed by atoms with Crippen LogP contribution in [0.4, 0.5) is 0 Å².